The minimum atomic E-state index is -1.07. The van der Waals surface area contributed by atoms with Crippen LogP contribution in [0.15, 0.2) is 103 Å². The van der Waals surface area contributed by atoms with Crippen molar-refractivity contribution in [3.05, 3.63) is 120 Å². The first-order valence-corrected chi connectivity index (χ1v) is 17.1. The summed E-state index contributed by atoms with van der Waals surface area (Å²) < 4.78 is 32.4. The molecular formula is C40H52O6. The lowest BCUT2D eigenvalue weighted by Crippen LogP contribution is -2.61. The molecule has 1 aliphatic heterocycles. The second-order valence-corrected chi connectivity index (χ2v) is 13.1. The van der Waals surface area contributed by atoms with Crippen LogP contribution in [0.3, 0.4) is 0 Å². The zero-order valence-electron chi connectivity index (χ0n) is 27.5. The molecule has 3 aromatic carbocycles. The van der Waals surface area contributed by atoms with Gasteiger partial charge in [0.1, 0.15) is 24.4 Å². The molecule has 1 N–H and O–H groups in total. The van der Waals surface area contributed by atoms with E-state index < -0.39 is 30.7 Å². The Bertz CT molecular complexity index is 1260. The smallest absolute Gasteiger partial charge is 0.187 e. The van der Waals surface area contributed by atoms with E-state index in [1.54, 1.807) is 0 Å². The van der Waals surface area contributed by atoms with Gasteiger partial charge in [0.2, 0.25) is 0 Å². The maximum absolute atomic E-state index is 11.8. The number of aliphatic hydroxyl groups is 1. The highest BCUT2D eigenvalue weighted by atomic mass is 16.7. The Labute approximate surface area is 275 Å². The summed E-state index contributed by atoms with van der Waals surface area (Å²) in [4.78, 5) is 0. The van der Waals surface area contributed by atoms with E-state index in [-0.39, 0.29) is 18.6 Å². The average molecular weight is 629 g/mol. The van der Waals surface area contributed by atoms with Gasteiger partial charge in [-0.25, -0.2) is 0 Å². The van der Waals surface area contributed by atoms with Crippen molar-refractivity contribution in [2.24, 2.45) is 11.8 Å². The minimum absolute atomic E-state index is 0.196. The molecule has 248 valence electrons. The van der Waals surface area contributed by atoms with E-state index in [1.807, 2.05) is 91.0 Å². The molecule has 1 aliphatic carbocycles. The van der Waals surface area contributed by atoms with Crippen molar-refractivity contribution in [3.63, 3.8) is 0 Å². The van der Waals surface area contributed by atoms with Gasteiger partial charge in [0.15, 0.2) is 6.29 Å². The Morgan fingerprint density at radius 1 is 0.739 bits per heavy atom. The van der Waals surface area contributed by atoms with E-state index in [9.17, 15) is 5.11 Å². The highest BCUT2D eigenvalue weighted by Crippen LogP contribution is 2.31. The van der Waals surface area contributed by atoms with Crippen molar-refractivity contribution in [1.29, 1.82) is 0 Å². The standard InChI is InChI=1S/C40H52O6/c1-30(2)35(25-15-24-31-16-7-3-8-17-31)45-40-37(41)39(44-28-34-22-13-6-14-23-34)38(43-27-33-20-11-5-12-21-33)36(46-40)29-42-26-32-18-9-4-10-19-32/h4-6,9-15,18-23,25,30-31,35-41H,3,7-8,16-17,24,26-29H2,1-2H3/b25-15+/t35?,36-,37-,38-,39-,40+/m1/s1. The molecule has 2 aliphatic rings. The Morgan fingerprint density at radius 2 is 1.28 bits per heavy atom. The monoisotopic (exact) mass is 628 g/mol. The molecule has 0 aromatic heterocycles. The van der Waals surface area contributed by atoms with E-state index in [1.165, 1.54) is 32.1 Å². The SMILES string of the molecule is CC(C)C(/C=C/CC1CCCCC1)O[C@H]1O[C@H](COCc2ccccc2)[C@@H](OCc2ccccc2)[C@H](OCc2ccccc2)[C@H]1O. The van der Waals surface area contributed by atoms with Crippen LogP contribution in [0.2, 0.25) is 0 Å². The van der Waals surface area contributed by atoms with Crippen molar-refractivity contribution >= 4 is 0 Å². The Balaban J connectivity index is 1.34. The molecule has 6 nitrogen and oxygen atoms in total. The second kappa shape index (κ2) is 18.5. The molecular weight excluding hydrogens is 576 g/mol. The molecule has 2 fully saturated rings. The summed E-state index contributed by atoms with van der Waals surface area (Å²) in [5, 5.41) is 11.8. The molecule has 0 spiro atoms. The van der Waals surface area contributed by atoms with E-state index in [4.69, 9.17) is 23.7 Å². The fourth-order valence-corrected chi connectivity index (χ4v) is 6.34. The third-order valence-corrected chi connectivity index (χ3v) is 9.05. The third kappa shape index (κ3) is 10.6. The molecule has 6 heteroatoms. The molecule has 0 bridgehead atoms. The molecule has 5 rings (SSSR count). The van der Waals surface area contributed by atoms with Crippen LogP contribution in [0.1, 0.15) is 69.1 Å². The average Bonchev–Trinajstić information content (AvgIpc) is 3.09. The largest absolute Gasteiger partial charge is 0.385 e. The lowest BCUT2D eigenvalue weighted by molar-refractivity contribution is -0.326. The molecule has 0 radical (unpaired) electrons. The van der Waals surface area contributed by atoms with Crippen LogP contribution in [0.25, 0.3) is 0 Å². The summed E-state index contributed by atoms with van der Waals surface area (Å²) >= 11 is 0. The van der Waals surface area contributed by atoms with Gasteiger partial charge in [-0.05, 0) is 34.9 Å². The second-order valence-electron chi connectivity index (χ2n) is 13.1. The predicted molar refractivity (Wildman–Crippen MR) is 181 cm³/mol. The van der Waals surface area contributed by atoms with E-state index in [0.717, 1.165) is 29.0 Å². The fourth-order valence-electron chi connectivity index (χ4n) is 6.34. The van der Waals surface area contributed by atoms with Crippen molar-refractivity contribution in [2.45, 2.75) is 109 Å². The van der Waals surface area contributed by atoms with Gasteiger partial charge in [0.05, 0.1) is 32.5 Å². The van der Waals surface area contributed by atoms with Crippen LogP contribution in [0.4, 0.5) is 0 Å². The van der Waals surface area contributed by atoms with Gasteiger partial charge >= 0.3 is 0 Å². The maximum Gasteiger partial charge on any atom is 0.187 e. The lowest BCUT2D eigenvalue weighted by atomic mass is 9.87. The normalized spacial score (nSPS) is 24.8. The van der Waals surface area contributed by atoms with Crippen molar-refractivity contribution in [2.75, 3.05) is 6.61 Å². The van der Waals surface area contributed by atoms with Crippen LogP contribution in [0.5, 0.6) is 0 Å². The number of allylic oxidation sites excluding steroid dienone is 1. The van der Waals surface area contributed by atoms with Gasteiger partial charge in [0, 0.05) is 0 Å². The number of benzene rings is 3. The third-order valence-electron chi connectivity index (χ3n) is 9.05. The minimum Gasteiger partial charge on any atom is -0.385 e. The molecule has 6 atom stereocenters. The summed E-state index contributed by atoms with van der Waals surface area (Å²) in [5.41, 5.74) is 3.12. The molecule has 1 saturated heterocycles. The summed E-state index contributed by atoms with van der Waals surface area (Å²) in [6, 6.07) is 30.1. The van der Waals surface area contributed by atoms with Crippen molar-refractivity contribution in [1.82, 2.24) is 0 Å². The zero-order valence-corrected chi connectivity index (χ0v) is 27.5. The lowest BCUT2D eigenvalue weighted by Gasteiger charge is -2.45. The molecule has 46 heavy (non-hydrogen) atoms. The fraction of sp³-hybridized carbons (Fsp3) is 0.500. The number of aliphatic hydroxyl groups excluding tert-OH is 1. The number of ether oxygens (including phenoxy) is 5. The maximum atomic E-state index is 11.8. The quantitative estimate of drug-likeness (QED) is 0.162. The number of rotatable bonds is 16. The Morgan fingerprint density at radius 3 is 1.85 bits per heavy atom. The van der Waals surface area contributed by atoms with Crippen LogP contribution in [-0.4, -0.2) is 48.5 Å². The van der Waals surface area contributed by atoms with Crippen molar-refractivity contribution in [3.8, 4) is 0 Å². The van der Waals surface area contributed by atoms with Gasteiger partial charge in [-0.1, -0.05) is 149 Å². The number of hydrogen-bond acceptors (Lipinski definition) is 6. The zero-order chi connectivity index (χ0) is 32.0. The Kier molecular flexibility index (Phi) is 13.9. The summed E-state index contributed by atoms with van der Waals surface area (Å²) in [5.74, 6) is 0.945. The molecule has 1 heterocycles. The molecule has 0 amide bonds. The Hall–Kier alpha value is -2.84. The molecule has 1 unspecified atom stereocenters. The van der Waals surface area contributed by atoms with Crippen molar-refractivity contribution < 1.29 is 28.8 Å². The number of hydrogen-bond donors (Lipinski definition) is 1. The molecule has 3 aromatic rings. The summed E-state index contributed by atoms with van der Waals surface area (Å²) in [7, 11) is 0. The first-order valence-electron chi connectivity index (χ1n) is 17.1. The highest BCUT2D eigenvalue weighted by molar-refractivity contribution is 5.15. The van der Waals surface area contributed by atoms with E-state index >= 15 is 0 Å². The van der Waals surface area contributed by atoms with Crippen LogP contribution in [-0.2, 0) is 43.5 Å². The van der Waals surface area contributed by atoms with E-state index in [2.05, 4.69) is 26.0 Å². The summed E-state index contributed by atoms with van der Waals surface area (Å²) in [6.07, 6.45) is 8.11. The van der Waals surface area contributed by atoms with Gasteiger partial charge in [-0.15, -0.1) is 0 Å². The first kappa shape index (κ1) is 34.5. The molecule has 1 saturated carbocycles. The summed E-state index contributed by atoms with van der Waals surface area (Å²) in [6.45, 7) is 5.66. The van der Waals surface area contributed by atoms with Crippen LogP contribution in [0, 0.1) is 11.8 Å². The van der Waals surface area contributed by atoms with Crippen LogP contribution < -0.4 is 0 Å². The van der Waals surface area contributed by atoms with Crippen LogP contribution >= 0.6 is 0 Å². The van der Waals surface area contributed by atoms with E-state index in [0.29, 0.717) is 19.8 Å². The van der Waals surface area contributed by atoms with Gasteiger partial charge in [-0.3, -0.25) is 0 Å². The topological polar surface area (TPSA) is 66.4 Å². The van der Waals surface area contributed by atoms with Gasteiger partial charge in [-0.2, -0.15) is 0 Å². The van der Waals surface area contributed by atoms with Gasteiger partial charge < -0.3 is 28.8 Å². The predicted octanol–water partition coefficient (Wildman–Crippen LogP) is 8.03. The first-order chi connectivity index (χ1) is 22.6. The van der Waals surface area contributed by atoms with Gasteiger partial charge in [0.25, 0.3) is 0 Å². The highest BCUT2D eigenvalue weighted by Gasteiger charge is 2.48.